The molecule has 8 heteroatoms. The third-order valence-corrected chi connectivity index (χ3v) is 5.40. The van der Waals surface area contributed by atoms with Gasteiger partial charge < -0.3 is 20.3 Å². The second kappa shape index (κ2) is 10.6. The molecule has 1 saturated carbocycles. The Bertz CT molecular complexity index is 798. The summed E-state index contributed by atoms with van der Waals surface area (Å²) in [6.45, 7) is 11.0. The summed E-state index contributed by atoms with van der Waals surface area (Å²) in [6.07, 6.45) is 1.92. The normalized spacial score (nSPS) is 16.3. The average Bonchev–Trinajstić information content (AvgIpc) is 2.61. The zero-order valence-electron chi connectivity index (χ0n) is 20.0. The Hall–Kier alpha value is -2.22. The Morgan fingerprint density at radius 1 is 1.09 bits per heavy atom. The van der Waals surface area contributed by atoms with Crippen molar-refractivity contribution >= 4 is 30.5 Å². The summed E-state index contributed by atoms with van der Waals surface area (Å²) in [5.41, 5.74) is -0.429. The lowest BCUT2D eigenvalue weighted by Crippen LogP contribution is -2.59. The molecule has 0 saturated heterocycles. The number of rotatable bonds is 7. The summed E-state index contributed by atoms with van der Waals surface area (Å²) in [4.78, 5) is 41.1. The van der Waals surface area contributed by atoms with Gasteiger partial charge in [0.1, 0.15) is 17.7 Å². The van der Waals surface area contributed by atoms with E-state index in [1.165, 1.54) is 0 Å². The van der Waals surface area contributed by atoms with E-state index in [1.54, 1.807) is 25.7 Å². The summed E-state index contributed by atoms with van der Waals surface area (Å²) >= 11 is 4.31. The van der Waals surface area contributed by atoms with Crippen molar-refractivity contribution in [1.29, 1.82) is 0 Å². The van der Waals surface area contributed by atoms with Gasteiger partial charge >= 0.3 is 6.09 Å². The molecule has 0 heterocycles. The van der Waals surface area contributed by atoms with Crippen LogP contribution < -0.4 is 10.6 Å². The Balaban J connectivity index is 2.39. The second-order valence-corrected chi connectivity index (χ2v) is 10.6. The first kappa shape index (κ1) is 26.0. The van der Waals surface area contributed by atoms with E-state index in [2.05, 4.69) is 23.3 Å². The van der Waals surface area contributed by atoms with Gasteiger partial charge in [-0.3, -0.25) is 9.59 Å². The highest BCUT2D eigenvalue weighted by molar-refractivity contribution is 7.80. The predicted molar refractivity (Wildman–Crippen MR) is 129 cm³/mol. The van der Waals surface area contributed by atoms with Crippen LogP contribution in [0.5, 0.6) is 0 Å². The molecule has 1 aliphatic carbocycles. The van der Waals surface area contributed by atoms with Crippen molar-refractivity contribution in [1.82, 2.24) is 15.5 Å². The number of hydrogen-bond donors (Lipinski definition) is 3. The van der Waals surface area contributed by atoms with E-state index in [-0.39, 0.29) is 23.6 Å². The van der Waals surface area contributed by atoms with E-state index in [1.807, 2.05) is 51.1 Å². The third kappa shape index (κ3) is 7.43. The number of hydrogen-bond acceptors (Lipinski definition) is 5. The molecule has 7 nitrogen and oxygen atoms in total. The van der Waals surface area contributed by atoms with Gasteiger partial charge in [-0.2, -0.15) is 12.6 Å². The molecule has 1 aliphatic rings. The van der Waals surface area contributed by atoms with Crippen LogP contribution in [0.25, 0.3) is 0 Å². The van der Waals surface area contributed by atoms with Gasteiger partial charge in [0.05, 0.1) is 0 Å². The van der Waals surface area contributed by atoms with Crippen molar-refractivity contribution in [2.45, 2.75) is 90.1 Å². The molecule has 1 aromatic rings. The number of nitrogens with zero attached hydrogens (tertiary/aromatic N) is 1. The molecule has 0 radical (unpaired) electrons. The summed E-state index contributed by atoms with van der Waals surface area (Å²) in [5, 5.41) is 5.66. The minimum absolute atomic E-state index is 0.0822. The van der Waals surface area contributed by atoms with Crippen LogP contribution in [0.1, 0.15) is 72.4 Å². The molecule has 1 fully saturated rings. The molecule has 32 heavy (non-hydrogen) atoms. The van der Waals surface area contributed by atoms with Crippen molar-refractivity contribution in [3.05, 3.63) is 35.9 Å². The molecular formula is C24H37N3O4S. The van der Waals surface area contributed by atoms with Gasteiger partial charge in [0.2, 0.25) is 11.8 Å². The van der Waals surface area contributed by atoms with E-state index >= 15 is 0 Å². The lowest BCUT2D eigenvalue weighted by atomic mass is 9.88. The standard InChI is InChI=1S/C24H37N3O4S/c1-23(2,3)26-20(28)19(16-11-8-7-9-12-16)27(17-13-10-14-17)21(29)18(15-32)25-22(30)31-24(4,5)6/h7-9,11-12,17-19,32H,10,13-15H2,1-6H3,(H,25,30)(H,26,28). The molecule has 0 aromatic heterocycles. The SMILES string of the molecule is CC(C)(C)NC(=O)C(c1ccccc1)N(C(=O)C(CS)NC(=O)OC(C)(C)C)C1CCC1. The van der Waals surface area contributed by atoms with Crippen LogP contribution in [0.15, 0.2) is 30.3 Å². The molecule has 2 N–H and O–H groups in total. The topological polar surface area (TPSA) is 87.7 Å². The van der Waals surface area contributed by atoms with Crippen LogP contribution in [0.4, 0.5) is 4.79 Å². The molecule has 2 atom stereocenters. The predicted octanol–water partition coefficient (Wildman–Crippen LogP) is 3.85. The maximum absolute atomic E-state index is 13.7. The quantitative estimate of drug-likeness (QED) is 0.536. The third-order valence-electron chi connectivity index (χ3n) is 5.03. The smallest absolute Gasteiger partial charge is 0.408 e. The number of carbonyl (C=O) groups is 3. The molecule has 1 aromatic carbocycles. The molecular weight excluding hydrogens is 426 g/mol. The van der Waals surface area contributed by atoms with Crippen LogP contribution >= 0.6 is 12.6 Å². The van der Waals surface area contributed by atoms with Crippen LogP contribution in [-0.4, -0.2) is 51.8 Å². The lowest BCUT2D eigenvalue weighted by Gasteiger charge is -2.44. The van der Waals surface area contributed by atoms with Gasteiger partial charge in [0, 0.05) is 17.3 Å². The van der Waals surface area contributed by atoms with Gasteiger partial charge in [-0.15, -0.1) is 0 Å². The highest BCUT2D eigenvalue weighted by atomic mass is 32.1. The summed E-state index contributed by atoms with van der Waals surface area (Å²) in [5.74, 6) is -0.503. The highest BCUT2D eigenvalue weighted by Gasteiger charge is 2.42. The number of alkyl carbamates (subject to hydrolysis) is 1. The summed E-state index contributed by atoms with van der Waals surface area (Å²) in [6, 6.07) is 7.47. The van der Waals surface area contributed by atoms with E-state index in [0.717, 1.165) is 24.8 Å². The molecule has 2 unspecified atom stereocenters. The lowest BCUT2D eigenvalue weighted by molar-refractivity contribution is -0.147. The van der Waals surface area contributed by atoms with Crippen molar-refractivity contribution in [2.24, 2.45) is 0 Å². The zero-order chi connectivity index (χ0) is 24.1. The van der Waals surface area contributed by atoms with Crippen molar-refractivity contribution in [3.8, 4) is 0 Å². The minimum atomic E-state index is -0.914. The fourth-order valence-corrected chi connectivity index (χ4v) is 3.76. The summed E-state index contributed by atoms with van der Waals surface area (Å²) < 4.78 is 5.33. The van der Waals surface area contributed by atoms with Gasteiger partial charge in [-0.05, 0) is 66.4 Å². The van der Waals surface area contributed by atoms with Crippen molar-refractivity contribution < 1.29 is 19.1 Å². The maximum Gasteiger partial charge on any atom is 0.408 e. The molecule has 2 rings (SSSR count). The van der Waals surface area contributed by atoms with Crippen LogP contribution in [0.2, 0.25) is 0 Å². The zero-order valence-corrected chi connectivity index (χ0v) is 20.9. The van der Waals surface area contributed by atoms with Gasteiger partial charge in [-0.1, -0.05) is 30.3 Å². The average molecular weight is 464 g/mol. The van der Waals surface area contributed by atoms with Crippen LogP contribution in [0, 0.1) is 0 Å². The number of thiol groups is 1. The minimum Gasteiger partial charge on any atom is -0.444 e. The Labute approximate surface area is 197 Å². The van der Waals surface area contributed by atoms with Crippen LogP contribution in [-0.2, 0) is 14.3 Å². The van der Waals surface area contributed by atoms with Crippen molar-refractivity contribution in [2.75, 3.05) is 5.75 Å². The number of benzene rings is 1. The molecule has 0 aliphatic heterocycles. The molecule has 0 bridgehead atoms. The molecule has 0 spiro atoms. The number of nitrogens with one attached hydrogen (secondary N) is 2. The second-order valence-electron chi connectivity index (χ2n) is 10.3. The van der Waals surface area contributed by atoms with Gasteiger partial charge in [0.15, 0.2) is 0 Å². The Kier molecular flexibility index (Phi) is 8.62. The monoisotopic (exact) mass is 463 g/mol. The summed E-state index contributed by atoms with van der Waals surface area (Å²) in [7, 11) is 0. The first-order valence-corrected chi connectivity index (χ1v) is 11.7. The first-order valence-electron chi connectivity index (χ1n) is 11.1. The molecule has 178 valence electrons. The van der Waals surface area contributed by atoms with Crippen LogP contribution in [0.3, 0.4) is 0 Å². The fraction of sp³-hybridized carbons (Fsp3) is 0.625. The van der Waals surface area contributed by atoms with Gasteiger partial charge in [-0.25, -0.2) is 4.79 Å². The maximum atomic E-state index is 13.7. The van der Waals surface area contributed by atoms with E-state index < -0.39 is 29.3 Å². The molecule has 3 amide bonds. The largest absolute Gasteiger partial charge is 0.444 e. The Morgan fingerprint density at radius 2 is 1.69 bits per heavy atom. The fourth-order valence-electron chi connectivity index (χ4n) is 3.51. The van der Waals surface area contributed by atoms with E-state index in [0.29, 0.717) is 0 Å². The van der Waals surface area contributed by atoms with E-state index in [4.69, 9.17) is 4.74 Å². The van der Waals surface area contributed by atoms with Gasteiger partial charge in [0.25, 0.3) is 0 Å². The first-order chi connectivity index (χ1) is 14.8. The Morgan fingerprint density at radius 3 is 2.12 bits per heavy atom. The van der Waals surface area contributed by atoms with E-state index in [9.17, 15) is 14.4 Å². The number of ether oxygens (including phenoxy) is 1. The van der Waals surface area contributed by atoms with Crippen molar-refractivity contribution in [3.63, 3.8) is 0 Å². The number of carbonyl (C=O) groups excluding carboxylic acids is 3. The number of amides is 3. The highest BCUT2D eigenvalue weighted by Crippen LogP contribution is 2.34.